The van der Waals surface area contributed by atoms with Crippen LogP contribution in [0.1, 0.15) is 45.6 Å². The molecule has 7 heteroatoms. The molecule has 1 aliphatic rings. The average molecular weight is 486 g/mol. The predicted octanol–water partition coefficient (Wildman–Crippen LogP) is 4.83. The number of fused-ring (bicyclic) bond motifs is 1. The molecule has 36 heavy (non-hydrogen) atoms. The SMILES string of the molecule is Cc1[nH]c2c(C(=O)N3CCC(Oc4ccc(CN(C)Cc5cnn(C)c5)cc4)CC3)cccc2c1C. The average Bonchev–Trinajstić information content (AvgIpc) is 3.41. The Morgan fingerprint density at radius 1 is 1.08 bits per heavy atom. The highest BCUT2D eigenvalue weighted by molar-refractivity contribution is 6.06. The Hall–Kier alpha value is -3.58. The smallest absolute Gasteiger partial charge is 0.255 e. The van der Waals surface area contributed by atoms with Crippen molar-refractivity contribution in [2.45, 2.75) is 45.9 Å². The molecule has 2 aromatic heterocycles. The Bertz CT molecular complexity index is 1350. The Balaban J connectivity index is 1.13. The highest BCUT2D eigenvalue weighted by atomic mass is 16.5. The van der Waals surface area contributed by atoms with Gasteiger partial charge in [0.15, 0.2) is 0 Å². The van der Waals surface area contributed by atoms with Crippen molar-refractivity contribution in [3.05, 3.63) is 82.8 Å². The summed E-state index contributed by atoms with van der Waals surface area (Å²) in [5.41, 5.74) is 6.48. The molecule has 5 rings (SSSR count). The Kier molecular flexibility index (Phi) is 6.83. The van der Waals surface area contributed by atoms with Crippen LogP contribution in [0, 0.1) is 13.8 Å². The first-order valence-electron chi connectivity index (χ1n) is 12.7. The molecule has 4 aromatic rings. The molecule has 0 bridgehead atoms. The lowest BCUT2D eigenvalue weighted by molar-refractivity contribution is 0.0597. The third kappa shape index (κ3) is 5.16. The molecule has 0 spiro atoms. The number of aryl methyl sites for hydroxylation is 3. The topological polar surface area (TPSA) is 66.4 Å². The summed E-state index contributed by atoms with van der Waals surface area (Å²) in [7, 11) is 4.06. The van der Waals surface area contributed by atoms with E-state index in [0.29, 0.717) is 13.1 Å². The van der Waals surface area contributed by atoms with Crippen molar-refractivity contribution in [1.82, 2.24) is 24.6 Å². The third-order valence-electron chi connectivity index (χ3n) is 7.19. The summed E-state index contributed by atoms with van der Waals surface area (Å²) >= 11 is 0. The van der Waals surface area contributed by atoms with Crippen molar-refractivity contribution in [2.75, 3.05) is 20.1 Å². The molecule has 0 radical (unpaired) electrons. The number of ether oxygens (including phenoxy) is 1. The second-order valence-electron chi connectivity index (χ2n) is 10.1. The summed E-state index contributed by atoms with van der Waals surface area (Å²) in [4.78, 5) is 20.9. The number of benzene rings is 2. The number of nitrogens with one attached hydrogen (secondary N) is 1. The Morgan fingerprint density at radius 2 is 1.81 bits per heavy atom. The van der Waals surface area contributed by atoms with E-state index in [4.69, 9.17) is 4.74 Å². The fraction of sp³-hybridized carbons (Fsp3) is 0.379. The minimum atomic E-state index is 0.0973. The third-order valence-corrected chi connectivity index (χ3v) is 7.19. The van der Waals surface area contributed by atoms with Gasteiger partial charge >= 0.3 is 0 Å². The number of hydrogen-bond acceptors (Lipinski definition) is 4. The van der Waals surface area contributed by atoms with Crippen LogP contribution in [0.5, 0.6) is 5.75 Å². The highest BCUT2D eigenvalue weighted by Gasteiger charge is 2.26. The quantitative estimate of drug-likeness (QED) is 0.407. The maximum absolute atomic E-state index is 13.3. The zero-order valence-electron chi connectivity index (χ0n) is 21.6. The molecule has 1 fully saturated rings. The van der Waals surface area contributed by atoms with Gasteiger partial charge in [0.05, 0.1) is 17.3 Å². The molecule has 0 saturated carbocycles. The molecule has 1 aliphatic heterocycles. The van der Waals surface area contributed by atoms with E-state index in [2.05, 4.69) is 72.4 Å². The van der Waals surface area contributed by atoms with Crippen LogP contribution in [0.2, 0.25) is 0 Å². The van der Waals surface area contributed by atoms with Crippen molar-refractivity contribution in [2.24, 2.45) is 7.05 Å². The zero-order chi connectivity index (χ0) is 25.2. The van der Waals surface area contributed by atoms with Crippen molar-refractivity contribution >= 4 is 16.8 Å². The molecular weight excluding hydrogens is 450 g/mol. The van der Waals surface area contributed by atoms with E-state index >= 15 is 0 Å². The number of aromatic nitrogens is 3. The number of carbonyl (C=O) groups is 1. The van der Waals surface area contributed by atoms with Crippen molar-refractivity contribution in [1.29, 1.82) is 0 Å². The molecular formula is C29H35N5O2. The summed E-state index contributed by atoms with van der Waals surface area (Å²) in [6.45, 7) is 7.28. The lowest BCUT2D eigenvalue weighted by Crippen LogP contribution is -2.41. The number of carbonyl (C=O) groups excluding carboxylic acids is 1. The van der Waals surface area contributed by atoms with E-state index in [-0.39, 0.29) is 12.0 Å². The molecule has 0 atom stereocenters. The minimum Gasteiger partial charge on any atom is -0.490 e. The van der Waals surface area contributed by atoms with Gasteiger partial charge in [-0.25, -0.2) is 0 Å². The van der Waals surface area contributed by atoms with Crippen LogP contribution in [-0.2, 0) is 20.1 Å². The number of aromatic amines is 1. The number of amides is 1. The molecule has 2 aromatic carbocycles. The van der Waals surface area contributed by atoms with E-state index in [0.717, 1.165) is 53.8 Å². The molecule has 1 amide bonds. The first-order valence-corrected chi connectivity index (χ1v) is 12.7. The molecule has 188 valence electrons. The molecule has 1 saturated heterocycles. The van der Waals surface area contributed by atoms with Crippen LogP contribution < -0.4 is 4.74 Å². The maximum Gasteiger partial charge on any atom is 0.255 e. The normalized spacial score (nSPS) is 14.6. The molecule has 7 nitrogen and oxygen atoms in total. The van der Waals surface area contributed by atoms with Gasteiger partial charge in [0.25, 0.3) is 5.91 Å². The molecule has 3 heterocycles. The summed E-state index contributed by atoms with van der Waals surface area (Å²) in [6, 6.07) is 14.4. The van der Waals surface area contributed by atoms with Crippen LogP contribution in [-0.4, -0.2) is 56.7 Å². The van der Waals surface area contributed by atoms with Gasteiger partial charge in [-0.3, -0.25) is 14.4 Å². The predicted molar refractivity (Wildman–Crippen MR) is 142 cm³/mol. The number of rotatable bonds is 7. The van der Waals surface area contributed by atoms with Crippen LogP contribution in [0.25, 0.3) is 10.9 Å². The fourth-order valence-electron chi connectivity index (χ4n) is 5.11. The summed E-state index contributed by atoms with van der Waals surface area (Å²) in [6.07, 6.45) is 5.75. The van der Waals surface area contributed by atoms with Gasteiger partial charge in [0, 0.05) is 68.9 Å². The van der Waals surface area contributed by atoms with Crippen LogP contribution in [0.3, 0.4) is 0 Å². The molecule has 0 unspecified atom stereocenters. The largest absolute Gasteiger partial charge is 0.490 e. The van der Waals surface area contributed by atoms with E-state index in [1.165, 1.54) is 16.7 Å². The maximum atomic E-state index is 13.3. The summed E-state index contributed by atoms with van der Waals surface area (Å²) in [5, 5.41) is 5.37. The van der Waals surface area contributed by atoms with Gasteiger partial charge < -0.3 is 14.6 Å². The number of para-hydroxylation sites is 1. The van der Waals surface area contributed by atoms with Gasteiger partial charge in [-0.2, -0.15) is 5.10 Å². The van der Waals surface area contributed by atoms with Gasteiger partial charge in [-0.15, -0.1) is 0 Å². The summed E-state index contributed by atoms with van der Waals surface area (Å²) in [5.74, 6) is 0.987. The molecule has 1 N–H and O–H groups in total. The van der Waals surface area contributed by atoms with Gasteiger partial charge in [-0.05, 0) is 50.2 Å². The first-order chi connectivity index (χ1) is 17.4. The van der Waals surface area contributed by atoms with Crippen molar-refractivity contribution in [3.63, 3.8) is 0 Å². The van der Waals surface area contributed by atoms with E-state index in [1.54, 1.807) is 0 Å². The van der Waals surface area contributed by atoms with E-state index in [1.807, 2.05) is 35.0 Å². The Labute approximate surface area is 212 Å². The van der Waals surface area contributed by atoms with E-state index < -0.39 is 0 Å². The summed E-state index contributed by atoms with van der Waals surface area (Å²) < 4.78 is 8.10. The lowest BCUT2D eigenvalue weighted by Gasteiger charge is -2.32. The van der Waals surface area contributed by atoms with Crippen LogP contribution in [0.15, 0.2) is 54.9 Å². The number of hydrogen-bond donors (Lipinski definition) is 1. The lowest BCUT2D eigenvalue weighted by atomic mass is 10.0. The molecule has 0 aliphatic carbocycles. The van der Waals surface area contributed by atoms with Gasteiger partial charge in [0.2, 0.25) is 0 Å². The monoisotopic (exact) mass is 485 g/mol. The number of nitrogens with zero attached hydrogens (tertiary/aromatic N) is 4. The van der Waals surface area contributed by atoms with Crippen LogP contribution >= 0.6 is 0 Å². The number of H-pyrrole nitrogens is 1. The van der Waals surface area contributed by atoms with Gasteiger partial charge in [-0.1, -0.05) is 24.3 Å². The standard InChI is InChI=1S/C29H35N5O2/c1-20-21(2)31-28-26(20)6-5-7-27(28)29(35)34-14-12-25(13-15-34)36-24-10-8-22(9-11-24)17-32(3)18-23-16-30-33(4)19-23/h5-11,16,19,25,31H,12-15,17-18H2,1-4H3. The second-order valence-corrected chi connectivity index (χ2v) is 10.1. The van der Waals surface area contributed by atoms with Crippen LogP contribution in [0.4, 0.5) is 0 Å². The number of likely N-dealkylation sites (tertiary alicyclic amines) is 1. The Morgan fingerprint density at radius 3 is 2.50 bits per heavy atom. The van der Waals surface area contributed by atoms with Gasteiger partial charge in [0.1, 0.15) is 11.9 Å². The zero-order valence-corrected chi connectivity index (χ0v) is 21.6. The fourth-order valence-corrected chi connectivity index (χ4v) is 5.11. The second kappa shape index (κ2) is 10.2. The van der Waals surface area contributed by atoms with Crippen molar-refractivity contribution < 1.29 is 9.53 Å². The highest BCUT2D eigenvalue weighted by Crippen LogP contribution is 2.27. The number of piperidine rings is 1. The van der Waals surface area contributed by atoms with Crippen molar-refractivity contribution in [3.8, 4) is 5.75 Å². The minimum absolute atomic E-state index is 0.0973. The van der Waals surface area contributed by atoms with E-state index in [9.17, 15) is 4.79 Å². The first kappa shape index (κ1) is 24.1.